The van der Waals surface area contributed by atoms with Gasteiger partial charge in [0.15, 0.2) is 0 Å². The molecular weight excluding hydrogens is 348 g/mol. The molecular formula is C20H28N2O5. The zero-order chi connectivity index (χ0) is 20.5. The van der Waals surface area contributed by atoms with Gasteiger partial charge in [0.1, 0.15) is 16.7 Å². The highest BCUT2D eigenvalue weighted by Gasteiger charge is 2.57. The zero-order valence-corrected chi connectivity index (χ0v) is 16.8. The minimum absolute atomic E-state index is 0.0227. The number of ether oxygens (including phenoxy) is 2. The Hall–Kier alpha value is -2.57. The van der Waals surface area contributed by atoms with E-state index < -0.39 is 34.8 Å². The third kappa shape index (κ3) is 5.45. The topological polar surface area (TPSA) is 84.9 Å². The Morgan fingerprint density at radius 2 is 1.59 bits per heavy atom. The van der Waals surface area contributed by atoms with Crippen LogP contribution in [0.25, 0.3) is 0 Å². The summed E-state index contributed by atoms with van der Waals surface area (Å²) >= 11 is 0. The van der Waals surface area contributed by atoms with Crippen LogP contribution in [0.15, 0.2) is 30.3 Å². The lowest BCUT2D eigenvalue weighted by atomic mass is 9.82. The van der Waals surface area contributed by atoms with Crippen molar-refractivity contribution >= 4 is 18.1 Å². The number of alkyl carbamates (subject to hydrolysis) is 1. The lowest BCUT2D eigenvalue weighted by molar-refractivity contribution is -0.151. The molecule has 0 radical (unpaired) electrons. The number of hydrogen-bond acceptors (Lipinski definition) is 5. The number of likely N-dealkylation sites (tertiary alicyclic amines) is 1. The third-order valence-electron chi connectivity index (χ3n) is 3.79. The van der Waals surface area contributed by atoms with Crippen molar-refractivity contribution in [3.05, 3.63) is 35.9 Å². The van der Waals surface area contributed by atoms with E-state index in [2.05, 4.69) is 5.32 Å². The van der Waals surface area contributed by atoms with Crippen molar-refractivity contribution in [2.24, 2.45) is 0 Å². The van der Waals surface area contributed by atoms with Gasteiger partial charge in [-0.2, -0.15) is 0 Å². The smallest absolute Gasteiger partial charge is 0.417 e. The largest absolute Gasteiger partial charge is 0.444 e. The predicted molar refractivity (Wildman–Crippen MR) is 100 cm³/mol. The van der Waals surface area contributed by atoms with Crippen molar-refractivity contribution in [1.29, 1.82) is 0 Å². The molecule has 1 saturated heterocycles. The predicted octanol–water partition coefficient (Wildman–Crippen LogP) is 3.27. The Morgan fingerprint density at radius 1 is 1.04 bits per heavy atom. The van der Waals surface area contributed by atoms with Crippen molar-refractivity contribution in [2.75, 3.05) is 6.54 Å². The first-order valence-electron chi connectivity index (χ1n) is 8.91. The number of amides is 3. The van der Waals surface area contributed by atoms with Crippen LogP contribution >= 0.6 is 0 Å². The minimum atomic E-state index is -1.24. The van der Waals surface area contributed by atoms with E-state index in [9.17, 15) is 14.4 Å². The average Bonchev–Trinajstić information content (AvgIpc) is 2.49. The van der Waals surface area contributed by atoms with E-state index >= 15 is 0 Å². The summed E-state index contributed by atoms with van der Waals surface area (Å²) in [5, 5.41) is 2.67. The van der Waals surface area contributed by atoms with Crippen molar-refractivity contribution in [3.63, 3.8) is 0 Å². The van der Waals surface area contributed by atoms with Gasteiger partial charge in [0, 0.05) is 6.42 Å². The van der Waals surface area contributed by atoms with Gasteiger partial charge >= 0.3 is 12.2 Å². The molecule has 1 aliphatic rings. The fourth-order valence-electron chi connectivity index (χ4n) is 2.75. The monoisotopic (exact) mass is 376 g/mol. The second kappa shape index (κ2) is 7.21. The molecule has 0 aromatic heterocycles. The van der Waals surface area contributed by atoms with Crippen LogP contribution < -0.4 is 5.32 Å². The number of nitrogens with zero attached hydrogens (tertiary/aromatic N) is 1. The molecule has 3 amide bonds. The maximum Gasteiger partial charge on any atom is 0.417 e. The summed E-state index contributed by atoms with van der Waals surface area (Å²) in [6, 6.07) is 9.30. The number of benzene rings is 1. The van der Waals surface area contributed by atoms with Crippen LogP contribution in [0.3, 0.4) is 0 Å². The second-order valence-electron chi connectivity index (χ2n) is 8.74. The Kier molecular flexibility index (Phi) is 5.54. The van der Waals surface area contributed by atoms with Gasteiger partial charge in [-0.25, -0.2) is 14.5 Å². The molecule has 1 aromatic carbocycles. The molecule has 7 nitrogen and oxygen atoms in total. The molecule has 2 rings (SSSR count). The number of carbonyl (C=O) groups excluding carboxylic acids is 3. The van der Waals surface area contributed by atoms with Gasteiger partial charge in [-0.1, -0.05) is 30.3 Å². The van der Waals surface area contributed by atoms with Gasteiger partial charge in [-0.3, -0.25) is 4.79 Å². The highest BCUT2D eigenvalue weighted by Crippen LogP contribution is 2.29. The number of carbonyl (C=O) groups is 3. The highest BCUT2D eigenvalue weighted by molar-refractivity contribution is 6.05. The molecule has 0 aliphatic carbocycles. The molecule has 7 heteroatoms. The van der Waals surface area contributed by atoms with Crippen LogP contribution in [-0.2, 0) is 20.7 Å². The van der Waals surface area contributed by atoms with E-state index in [1.807, 2.05) is 30.3 Å². The zero-order valence-electron chi connectivity index (χ0n) is 16.8. The molecule has 1 aliphatic heterocycles. The number of imide groups is 1. The summed E-state index contributed by atoms with van der Waals surface area (Å²) in [6.45, 7) is 10.4. The summed E-state index contributed by atoms with van der Waals surface area (Å²) in [5.74, 6) is -0.508. The fourth-order valence-corrected chi connectivity index (χ4v) is 2.75. The van der Waals surface area contributed by atoms with Gasteiger partial charge in [0.05, 0.1) is 6.54 Å². The molecule has 1 aromatic rings. The quantitative estimate of drug-likeness (QED) is 0.819. The Morgan fingerprint density at radius 3 is 2.07 bits per heavy atom. The van der Waals surface area contributed by atoms with Gasteiger partial charge in [0.2, 0.25) is 0 Å². The number of hydrogen-bond donors (Lipinski definition) is 1. The maximum atomic E-state index is 12.9. The van der Waals surface area contributed by atoms with E-state index in [0.717, 1.165) is 10.5 Å². The summed E-state index contributed by atoms with van der Waals surface area (Å²) in [6.07, 6.45) is -1.16. The van der Waals surface area contributed by atoms with Crippen molar-refractivity contribution < 1.29 is 23.9 Å². The van der Waals surface area contributed by atoms with Crippen LogP contribution in [0.4, 0.5) is 9.59 Å². The number of nitrogens with one attached hydrogen (secondary N) is 1. The fraction of sp³-hybridized carbons (Fsp3) is 0.550. The van der Waals surface area contributed by atoms with Crippen LogP contribution in [0, 0.1) is 0 Å². The van der Waals surface area contributed by atoms with E-state index in [4.69, 9.17) is 9.47 Å². The van der Waals surface area contributed by atoms with Gasteiger partial charge in [-0.15, -0.1) is 0 Å². The molecule has 148 valence electrons. The summed E-state index contributed by atoms with van der Waals surface area (Å²) in [4.78, 5) is 38.4. The van der Waals surface area contributed by atoms with E-state index in [-0.39, 0.29) is 13.0 Å². The average molecular weight is 376 g/mol. The van der Waals surface area contributed by atoms with Crippen molar-refractivity contribution in [2.45, 2.75) is 64.7 Å². The van der Waals surface area contributed by atoms with Crippen LogP contribution in [0.5, 0.6) is 0 Å². The molecule has 0 saturated carbocycles. The molecule has 1 atom stereocenters. The molecule has 0 spiro atoms. The summed E-state index contributed by atoms with van der Waals surface area (Å²) in [7, 11) is 0. The van der Waals surface area contributed by atoms with Crippen LogP contribution in [0.2, 0.25) is 0 Å². The van der Waals surface area contributed by atoms with Crippen LogP contribution in [-0.4, -0.2) is 46.3 Å². The first-order chi connectivity index (χ1) is 12.3. The summed E-state index contributed by atoms with van der Waals surface area (Å²) in [5.41, 5.74) is -1.78. The molecule has 1 heterocycles. The molecule has 1 N–H and O–H groups in total. The standard InChI is InChI=1S/C20H28N2O5/c1-18(2,3)26-16(24)21-20(12-14-10-8-7-9-11-14)13-22(15(20)23)17(25)27-19(4,5)6/h7-11H,12-13H2,1-6H3,(H,21,24)/t20-/m1/s1. The summed E-state index contributed by atoms with van der Waals surface area (Å²) < 4.78 is 10.6. The van der Waals surface area contributed by atoms with Crippen molar-refractivity contribution in [3.8, 4) is 0 Å². The lowest BCUT2D eigenvalue weighted by Gasteiger charge is -2.47. The third-order valence-corrected chi connectivity index (χ3v) is 3.79. The molecule has 0 unspecified atom stereocenters. The maximum absolute atomic E-state index is 12.9. The SMILES string of the molecule is CC(C)(C)OC(=O)N[C@]1(Cc2ccccc2)CN(C(=O)OC(C)(C)C)C1=O. The first kappa shape index (κ1) is 20.7. The van der Waals surface area contributed by atoms with Gasteiger partial charge < -0.3 is 14.8 Å². The Labute approximate surface area is 160 Å². The van der Waals surface area contributed by atoms with E-state index in [0.29, 0.717) is 0 Å². The molecule has 1 fully saturated rings. The highest BCUT2D eigenvalue weighted by atomic mass is 16.6. The number of β-lactam (4-membered cyclic amide) rings is 1. The second-order valence-corrected chi connectivity index (χ2v) is 8.74. The molecule has 0 bridgehead atoms. The van der Waals surface area contributed by atoms with Gasteiger partial charge in [-0.05, 0) is 47.1 Å². The van der Waals surface area contributed by atoms with Crippen LogP contribution in [0.1, 0.15) is 47.1 Å². The first-order valence-corrected chi connectivity index (χ1v) is 8.91. The van der Waals surface area contributed by atoms with Gasteiger partial charge in [0.25, 0.3) is 5.91 Å². The van der Waals surface area contributed by atoms with E-state index in [1.165, 1.54) is 0 Å². The Balaban J connectivity index is 2.18. The van der Waals surface area contributed by atoms with E-state index in [1.54, 1.807) is 41.5 Å². The molecule has 27 heavy (non-hydrogen) atoms. The minimum Gasteiger partial charge on any atom is -0.444 e. The van der Waals surface area contributed by atoms with Crippen molar-refractivity contribution in [1.82, 2.24) is 10.2 Å². The lowest BCUT2D eigenvalue weighted by Crippen LogP contribution is -2.76. The number of rotatable bonds is 3. The Bertz CT molecular complexity index is 718. The normalized spacial score (nSPS) is 19.9.